The maximum absolute atomic E-state index is 12.7. The van der Waals surface area contributed by atoms with Crippen LogP contribution in [0.4, 0.5) is 10.1 Å². The molecule has 0 atom stereocenters. The summed E-state index contributed by atoms with van der Waals surface area (Å²) in [5, 5.41) is 10.0. The molecule has 0 spiro atoms. The summed E-state index contributed by atoms with van der Waals surface area (Å²) in [6.45, 7) is 0. The Balaban J connectivity index is 2.25. The van der Waals surface area contributed by atoms with Crippen molar-refractivity contribution >= 4 is 23.5 Å². The molecule has 0 aliphatic rings. The highest BCUT2D eigenvalue weighted by atomic mass is 35.5. The summed E-state index contributed by atoms with van der Waals surface area (Å²) < 4.78 is 12.7. The molecule has 17 heavy (non-hydrogen) atoms. The molecule has 0 heterocycles. The van der Waals surface area contributed by atoms with Crippen molar-refractivity contribution in [3.63, 3.8) is 0 Å². The van der Waals surface area contributed by atoms with Crippen molar-refractivity contribution in [3.05, 3.63) is 58.9 Å². The number of hydrogen-bond donors (Lipinski definition) is 1. The van der Waals surface area contributed by atoms with E-state index in [0.717, 1.165) is 5.56 Å². The predicted molar refractivity (Wildman–Crippen MR) is 66.8 cm³/mol. The van der Waals surface area contributed by atoms with Gasteiger partial charge in [0.1, 0.15) is 17.3 Å². The number of phenolic OH excluding ortho intramolecular Hbond substituents is 1. The molecule has 0 saturated carbocycles. The van der Waals surface area contributed by atoms with Gasteiger partial charge in [-0.05, 0) is 35.9 Å². The highest BCUT2D eigenvalue weighted by Gasteiger charge is 1.99. The number of benzene rings is 2. The van der Waals surface area contributed by atoms with Gasteiger partial charge in [-0.2, -0.15) is 0 Å². The smallest absolute Gasteiger partial charge is 0.141 e. The molecule has 86 valence electrons. The zero-order valence-electron chi connectivity index (χ0n) is 8.77. The van der Waals surface area contributed by atoms with Gasteiger partial charge in [-0.3, -0.25) is 4.99 Å². The van der Waals surface area contributed by atoms with Gasteiger partial charge in [-0.15, -0.1) is 0 Å². The van der Waals surface area contributed by atoms with Gasteiger partial charge in [-0.1, -0.05) is 23.7 Å². The van der Waals surface area contributed by atoms with Crippen molar-refractivity contribution in [1.29, 1.82) is 0 Å². The van der Waals surface area contributed by atoms with Crippen molar-refractivity contribution in [3.8, 4) is 5.75 Å². The van der Waals surface area contributed by atoms with Crippen molar-refractivity contribution < 1.29 is 9.50 Å². The predicted octanol–water partition coefficient (Wildman–Crippen LogP) is 3.94. The molecular weight excluding hydrogens is 241 g/mol. The standard InChI is InChI=1S/C13H9ClFNO/c14-10-3-6-13(17)12(7-10)16-8-9-1-4-11(15)5-2-9/h1-8,17H. The van der Waals surface area contributed by atoms with E-state index in [0.29, 0.717) is 10.7 Å². The summed E-state index contributed by atoms with van der Waals surface area (Å²) in [7, 11) is 0. The van der Waals surface area contributed by atoms with E-state index in [2.05, 4.69) is 4.99 Å². The lowest BCUT2D eigenvalue weighted by Gasteiger charge is -1.99. The molecule has 0 aliphatic carbocycles. The first-order chi connectivity index (χ1) is 8.15. The molecule has 0 radical (unpaired) electrons. The fraction of sp³-hybridized carbons (Fsp3) is 0. The van der Waals surface area contributed by atoms with Crippen LogP contribution in [0.5, 0.6) is 5.75 Å². The zero-order chi connectivity index (χ0) is 12.3. The van der Waals surface area contributed by atoms with Gasteiger partial charge in [0.2, 0.25) is 0 Å². The Morgan fingerprint density at radius 2 is 1.82 bits per heavy atom. The summed E-state index contributed by atoms with van der Waals surface area (Å²) in [4.78, 5) is 4.08. The van der Waals surface area contributed by atoms with E-state index in [9.17, 15) is 9.50 Å². The van der Waals surface area contributed by atoms with Crippen LogP contribution < -0.4 is 0 Å². The third-order valence-electron chi connectivity index (χ3n) is 2.16. The van der Waals surface area contributed by atoms with Crippen LogP contribution in [0.3, 0.4) is 0 Å². The van der Waals surface area contributed by atoms with E-state index in [1.165, 1.54) is 24.4 Å². The maximum atomic E-state index is 12.7. The van der Waals surface area contributed by atoms with E-state index in [1.807, 2.05) is 0 Å². The van der Waals surface area contributed by atoms with Crippen molar-refractivity contribution in [2.75, 3.05) is 0 Å². The molecule has 0 aromatic heterocycles. The number of rotatable bonds is 2. The number of aromatic hydroxyl groups is 1. The summed E-state index contributed by atoms with van der Waals surface area (Å²) >= 11 is 5.78. The molecule has 2 nitrogen and oxygen atoms in total. The highest BCUT2D eigenvalue weighted by Crippen LogP contribution is 2.29. The Labute approximate surface area is 103 Å². The lowest BCUT2D eigenvalue weighted by Crippen LogP contribution is -1.81. The number of hydrogen-bond acceptors (Lipinski definition) is 2. The van der Waals surface area contributed by atoms with E-state index in [-0.39, 0.29) is 11.6 Å². The third kappa shape index (κ3) is 3.04. The quantitative estimate of drug-likeness (QED) is 0.804. The summed E-state index contributed by atoms with van der Waals surface area (Å²) in [5.41, 5.74) is 1.12. The second-order valence-corrected chi connectivity index (χ2v) is 3.88. The zero-order valence-corrected chi connectivity index (χ0v) is 9.53. The molecular formula is C13H9ClFNO. The van der Waals surface area contributed by atoms with Crippen LogP contribution in [0, 0.1) is 5.82 Å². The highest BCUT2D eigenvalue weighted by molar-refractivity contribution is 6.30. The molecule has 1 N–H and O–H groups in total. The summed E-state index contributed by atoms with van der Waals surface area (Å²) in [6.07, 6.45) is 1.53. The van der Waals surface area contributed by atoms with Gasteiger partial charge in [0, 0.05) is 11.2 Å². The Morgan fingerprint density at radius 1 is 1.12 bits per heavy atom. The molecule has 0 aliphatic heterocycles. The summed E-state index contributed by atoms with van der Waals surface area (Å²) in [6, 6.07) is 10.5. The van der Waals surface area contributed by atoms with Crippen LogP contribution in [0.2, 0.25) is 5.02 Å². The maximum Gasteiger partial charge on any atom is 0.141 e. The van der Waals surface area contributed by atoms with E-state index < -0.39 is 0 Å². The number of halogens is 2. The minimum absolute atomic E-state index is 0.0489. The number of aliphatic imine (C=N–C) groups is 1. The van der Waals surface area contributed by atoms with Crippen LogP contribution >= 0.6 is 11.6 Å². The van der Waals surface area contributed by atoms with Crippen LogP contribution in [-0.4, -0.2) is 11.3 Å². The van der Waals surface area contributed by atoms with Crippen LogP contribution in [0.25, 0.3) is 0 Å². The molecule has 0 unspecified atom stereocenters. The van der Waals surface area contributed by atoms with Gasteiger partial charge in [-0.25, -0.2) is 4.39 Å². The van der Waals surface area contributed by atoms with E-state index in [1.54, 1.807) is 24.3 Å². The van der Waals surface area contributed by atoms with Gasteiger partial charge in [0.15, 0.2) is 0 Å². The Kier molecular flexibility index (Phi) is 3.40. The van der Waals surface area contributed by atoms with E-state index >= 15 is 0 Å². The van der Waals surface area contributed by atoms with Crippen LogP contribution in [-0.2, 0) is 0 Å². The minimum Gasteiger partial charge on any atom is -0.506 e. The molecule has 0 saturated heterocycles. The minimum atomic E-state index is -0.298. The summed E-state index contributed by atoms with van der Waals surface area (Å²) in [5.74, 6) is -0.250. The van der Waals surface area contributed by atoms with Gasteiger partial charge < -0.3 is 5.11 Å². The molecule has 2 aromatic carbocycles. The largest absolute Gasteiger partial charge is 0.506 e. The third-order valence-corrected chi connectivity index (χ3v) is 2.40. The first-order valence-electron chi connectivity index (χ1n) is 4.93. The Hall–Kier alpha value is -1.87. The molecule has 2 rings (SSSR count). The van der Waals surface area contributed by atoms with Gasteiger partial charge >= 0.3 is 0 Å². The normalized spacial score (nSPS) is 10.9. The number of nitrogens with zero attached hydrogens (tertiary/aromatic N) is 1. The topological polar surface area (TPSA) is 32.6 Å². The van der Waals surface area contributed by atoms with Gasteiger partial charge in [0.05, 0.1) is 0 Å². The van der Waals surface area contributed by atoms with Crippen LogP contribution in [0.1, 0.15) is 5.56 Å². The van der Waals surface area contributed by atoms with E-state index in [4.69, 9.17) is 11.6 Å². The SMILES string of the molecule is Oc1ccc(Cl)cc1N=Cc1ccc(F)cc1. The molecule has 0 bridgehead atoms. The second kappa shape index (κ2) is 4.97. The average molecular weight is 250 g/mol. The molecule has 4 heteroatoms. The fourth-order valence-electron chi connectivity index (χ4n) is 1.29. The lowest BCUT2D eigenvalue weighted by molar-refractivity contribution is 0.477. The molecule has 2 aromatic rings. The second-order valence-electron chi connectivity index (χ2n) is 3.44. The number of phenols is 1. The monoisotopic (exact) mass is 249 g/mol. The van der Waals surface area contributed by atoms with Crippen molar-refractivity contribution in [2.45, 2.75) is 0 Å². The molecule has 0 amide bonds. The van der Waals surface area contributed by atoms with Gasteiger partial charge in [0.25, 0.3) is 0 Å². The van der Waals surface area contributed by atoms with Crippen molar-refractivity contribution in [1.82, 2.24) is 0 Å². The fourth-order valence-corrected chi connectivity index (χ4v) is 1.46. The lowest BCUT2D eigenvalue weighted by atomic mass is 10.2. The molecule has 0 fully saturated rings. The van der Waals surface area contributed by atoms with Crippen molar-refractivity contribution in [2.24, 2.45) is 4.99 Å². The first-order valence-corrected chi connectivity index (χ1v) is 5.31. The Bertz CT molecular complexity index is 552. The van der Waals surface area contributed by atoms with Crippen LogP contribution in [0.15, 0.2) is 47.5 Å². The average Bonchev–Trinajstić information content (AvgIpc) is 2.32. The first kappa shape index (κ1) is 11.6. The Morgan fingerprint density at radius 3 is 2.53 bits per heavy atom.